The van der Waals surface area contributed by atoms with Crippen molar-refractivity contribution in [2.45, 2.75) is 26.4 Å². The van der Waals surface area contributed by atoms with Gasteiger partial charge in [-0.15, -0.1) is 0 Å². The normalized spacial score (nSPS) is 12.6. The monoisotopic (exact) mass is 332 g/mol. The zero-order chi connectivity index (χ0) is 17.2. The topological polar surface area (TPSA) is 55.9 Å². The molecule has 0 unspecified atom stereocenters. The number of hydrogen-bond donors (Lipinski definition) is 1. The van der Waals surface area contributed by atoms with Crippen molar-refractivity contribution in [1.82, 2.24) is 19.9 Å². The molecule has 4 rings (SSSR count). The van der Waals surface area contributed by atoms with Gasteiger partial charge in [0.25, 0.3) is 0 Å². The van der Waals surface area contributed by atoms with Crippen LogP contribution < -0.4 is 5.32 Å². The third kappa shape index (κ3) is 3.19. The summed E-state index contributed by atoms with van der Waals surface area (Å²) in [5.74, 6) is 1.69. The van der Waals surface area contributed by atoms with E-state index in [2.05, 4.69) is 51.0 Å². The molecule has 1 atom stereocenters. The van der Waals surface area contributed by atoms with E-state index in [4.69, 9.17) is 4.42 Å². The van der Waals surface area contributed by atoms with Crippen molar-refractivity contribution in [3.63, 3.8) is 0 Å². The van der Waals surface area contributed by atoms with E-state index >= 15 is 0 Å². The van der Waals surface area contributed by atoms with Gasteiger partial charge in [0, 0.05) is 24.1 Å². The first-order valence-corrected chi connectivity index (χ1v) is 8.39. The molecule has 25 heavy (non-hydrogen) atoms. The molecule has 0 aliphatic carbocycles. The number of aryl methyl sites for hydroxylation is 1. The molecular formula is C20H20N4O. The van der Waals surface area contributed by atoms with Gasteiger partial charge in [-0.3, -0.25) is 0 Å². The summed E-state index contributed by atoms with van der Waals surface area (Å²) < 4.78 is 7.82. The number of aromatic nitrogens is 3. The van der Waals surface area contributed by atoms with Crippen LogP contribution in [0.3, 0.4) is 0 Å². The molecule has 0 fully saturated rings. The van der Waals surface area contributed by atoms with Gasteiger partial charge in [0.05, 0.1) is 6.54 Å². The van der Waals surface area contributed by atoms with E-state index in [1.165, 1.54) is 5.56 Å². The molecule has 2 heterocycles. The molecule has 0 spiro atoms. The molecule has 0 saturated carbocycles. The van der Waals surface area contributed by atoms with Gasteiger partial charge in [-0.1, -0.05) is 24.3 Å². The lowest BCUT2D eigenvalue weighted by Gasteiger charge is -2.14. The van der Waals surface area contributed by atoms with Crippen LogP contribution in [0.1, 0.15) is 30.2 Å². The van der Waals surface area contributed by atoms with E-state index in [1.807, 2.05) is 43.6 Å². The second kappa shape index (κ2) is 6.53. The smallest absolute Gasteiger partial charge is 0.209 e. The lowest BCUT2D eigenvalue weighted by atomic mass is 10.1. The SMILES string of the molecule is Cc1nccn1-c1ccc([C@@H](C)NCc2nc3ccccc3o2)cc1. The maximum absolute atomic E-state index is 5.75. The van der Waals surface area contributed by atoms with E-state index < -0.39 is 0 Å². The summed E-state index contributed by atoms with van der Waals surface area (Å²) in [5.41, 5.74) is 4.06. The summed E-state index contributed by atoms with van der Waals surface area (Å²) in [5, 5.41) is 3.47. The van der Waals surface area contributed by atoms with Crippen molar-refractivity contribution in [2.24, 2.45) is 0 Å². The largest absolute Gasteiger partial charge is 0.439 e. The van der Waals surface area contributed by atoms with Crippen LogP contribution in [0.15, 0.2) is 65.3 Å². The highest BCUT2D eigenvalue weighted by Crippen LogP contribution is 2.18. The molecule has 5 heteroatoms. The maximum atomic E-state index is 5.75. The number of fused-ring (bicyclic) bond motifs is 1. The molecule has 4 aromatic rings. The zero-order valence-corrected chi connectivity index (χ0v) is 14.3. The number of hydrogen-bond acceptors (Lipinski definition) is 4. The van der Waals surface area contributed by atoms with E-state index in [9.17, 15) is 0 Å². The third-order valence-electron chi connectivity index (χ3n) is 4.39. The number of rotatable bonds is 5. The fraction of sp³-hybridized carbons (Fsp3) is 0.200. The van der Waals surface area contributed by atoms with Gasteiger partial charge in [0.1, 0.15) is 11.3 Å². The van der Waals surface area contributed by atoms with Gasteiger partial charge >= 0.3 is 0 Å². The molecule has 0 saturated heterocycles. The molecule has 1 N–H and O–H groups in total. The van der Waals surface area contributed by atoms with Crippen LogP contribution in [0.5, 0.6) is 0 Å². The van der Waals surface area contributed by atoms with Gasteiger partial charge < -0.3 is 14.3 Å². The first-order chi connectivity index (χ1) is 12.2. The molecule has 0 amide bonds. The summed E-state index contributed by atoms with van der Waals surface area (Å²) in [4.78, 5) is 8.76. The molecule has 0 radical (unpaired) electrons. The Kier molecular flexibility index (Phi) is 4.07. The Morgan fingerprint density at radius 2 is 1.92 bits per heavy atom. The van der Waals surface area contributed by atoms with Gasteiger partial charge in [-0.2, -0.15) is 0 Å². The summed E-state index contributed by atoms with van der Waals surface area (Å²) in [6, 6.07) is 16.5. The highest BCUT2D eigenvalue weighted by atomic mass is 16.3. The summed E-state index contributed by atoms with van der Waals surface area (Å²) in [6.07, 6.45) is 3.78. The molecule has 2 aromatic carbocycles. The third-order valence-corrected chi connectivity index (χ3v) is 4.39. The lowest BCUT2D eigenvalue weighted by molar-refractivity contribution is 0.467. The Morgan fingerprint density at radius 3 is 2.64 bits per heavy atom. The average molecular weight is 332 g/mol. The van der Waals surface area contributed by atoms with Crippen LogP contribution in [0.4, 0.5) is 0 Å². The maximum Gasteiger partial charge on any atom is 0.209 e. The van der Waals surface area contributed by atoms with Crippen molar-refractivity contribution < 1.29 is 4.42 Å². The van der Waals surface area contributed by atoms with Crippen LogP contribution in [0.25, 0.3) is 16.8 Å². The molecule has 0 aliphatic heterocycles. The van der Waals surface area contributed by atoms with Crippen LogP contribution in [0.2, 0.25) is 0 Å². The molecule has 126 valence electrons. The Balaban J connectivity index is 1.44. The summed E-state index contributed by atoms with van der Waals surface area (Å²) in [7, 11) is 0. The minimum absolute atomic E-state index is 0.202. The Hall–Kier alpha value is -2.92. The second-order valence-corrected chi connectivity index (χ2v) is 6.11. The number of para-hydroxylation sites is 2. The molecule has 0 aliphatic rings. The van der Waals surface area contributed by atoms with Crippen molar-refractivity contribution in [3.05, 3.63) is 78.2 Å². The van der Waals surface area contributed by atoms with Crippen LogP contribution in [-0.4, -0.2) is 14.5 Å². The molecule has 0 bridgehead atoms. The Labute approximate surface area is 146 Å². The van der Waals surface area contributed by atoms with Gasteiger partial charge in [-0.25, -0.2) is 9.97 Å². The standard InChI is InChI=1S/C20H20N4O/c1-14(22-13-20-23-18-5-3-4-6-19(18)25-20)16-7-9-17(10-8-16)24-12-11-21-15(24)2/h3-12,14,22H,13H2,1-2H3/t14-/m1/s1. The minimum atomic E-state index is 0.202. The second-order valence-electron chi connectivity index (χ2n) is 6.11. The number of oxazole rings is 1. The zero-order valence-electron chi connectivity index (χ0n) is 14.3. The Bertz CT molecular complexity index is 951. The van der Waals surface area contributed by atoms with Crippen molar-refractivity contribution in [2.75, 3.05) is 0 Å². The first kappa shape index (κ1) is 15.6. The predicted molar refractivity (Wildman–Crippen MR) is 97.6 cm³/mol. The van der Waals surface area contributed by atoms with Crippen molar-refractivity contribution >= 4 is 11.1 Å². The van der Waals surface area contributed by atoms with Gasteiger partial charge in [0.15, 0.2) is 5.58 Å². The molecule has 5 nitrogen and oxygen atoms in total. The van der Waals surface area contributed by atoms with Crippen molar-refractivity contribution in [1.29, 1.82) is 0 Å². The fourth-order valence-electron chi connectivity index (χ4n) is 2.93. The number of imidazole rings is 1. The predicted octanol–water partition coefficient (Wildman–Crippen LogP) is 4.17. The van der Waals surface area contributed by atoms with Crippen LogP contribution >= 0.6 is 0 Å². The Morgan fingerprint density at radius 1 is 1.12 bits per heavy atom. The quantitative estimate of drug-likeness (QED) is 0.596. The summed E-state index contributed by atoms with van der Waals surface area (Å²) in [6.45, 7) is 4.73. The first-order valence-electron chi connectivity index (χ1n) is 8.39. The molecule has 2 aromatic heterocycles. The highest BCUT2D eigenvalue weighted by molar-refractivity contribution is 5.72. The fourth-order valence-corrected chi connectivity index (χ4v) is 2.93. The number of nitrogens with zero attached hydrogens (tertiary/aromatic N) is 3. The van der Waals surface area contributed by atoms with Crippen molar-refractivity contribution in [3.8, 4) is 5.69 Å². The van der Waals surface area contributed by atoms with E-state index in [0.29, 0.717) is 12.4 Å². The van der Waals surface area contributed by atoms with Gasteiger partial charge in [0.2, 0.25) is 5.89 Å². The average Bonchev–Trinajstić information content (AvgIpc) is 3.25. The van der Waals surface area contributed by atoms with Crippen LogP contribution in [0, 0.1) is 6.92 Å². The van der Waals surface area contributed by atoms with Crippen LogP contribution in [-0.2, 0) is 6.54 Å². The summed E-state index contributed by atoms with van der Waals surface area (Å²) >= 11 is 0. The lowest BCUT2D eigenvalue weighted by Crippen LogP contribution is -2.18. The van der Waals surface area contributed by atoms with Gasteiger partial charge in [-0.05, 0) is 43.7 Å². The van der Waals surface area contributed by atoms with E-state index in [1.54, 1.807) is 0 Å². The number of benzene rings is 2. The van der Waals surface area contributed by atoms with E-state index in [-0.39, 0.29) is 6.04 Å². The molecular weight excluding hydrogens is 312 g/mol. The number of nitrogens with one attached hydrogen (secondary N) is 1. The minimum Gasteiger partial charge on any atom is -0.439 e. The highest BCUT2D eigenvalue weighted by Gasteiger charge is 2.09. The van der Waals surface area contributed by atoms with E-state index in [0.717, 1.165) is 22.6 Å².